The molecule has 218 valence electrons. The normalized spacial score (nSPS) is 13.0. The standard InChI is InChI=1S/C28H24F6N2O5/c29-26(28(32,33)34)27(30,31)15-40-21-11-6-18(7-12-21)25(39)41-22-9-1-16(2-10-22)13-19(24(37)38)4-3-17-5-8-20(35)14-23(17)36/h1-2,5-14,26H,3-4,15,35-36H2,(H,37,38)/b19-13+. The molecule has 0 amide bonds. The fourth-order valence-corrected chi connectivity index (χ4v) is 3.53. The van der Waals surface area contributed by atoms with Crippen LogP contribution in [-0.4, -0.2) is 41.9 Å². The van der Waals surface area contributed by atoms with Gasteiger partial charge in [0.25, 0.3) is 6.17 Å². The molecule has 1 atom stereocenters. The van der Waals surface area contributed by atoms with Gasteiger partial charge in [-0.25, -0.2) is 14.0 Å². The first-order valence-corrected chi connectivity index (χ1v) is 11.9. The highest BCUT2D eigenvalue weighted by Crippen LogP contribution is 2.35. The molecule has 0 heterocycles. The maximum atomic E-state index is 13.4. The van der Waals surface area contributed by atoms with Gasteiger partial charge in [0.1, 0.15) is 11.5 Å². The Balaban J connectivity index is 1.59. The lowest BCUT2D eigenvalue weighted by atomic mass is 10.0. The lowest BCUT2D eigenvalue weighted by Crippen LogP contribution is -2.45. The molecule has 3 aromatic rings. The molecule has 0 radical (unpaired) electrons. The molecule has 5 N–H and O–H groups in total. The Morgan fingerprint density at radius 1 is 0.902 bits per heavy atom. The molecular weight excluding hydrogens is 558 g/mol. The second-order valence-electron chi connectivity index (χ2n) is 8.87. The van der Waals surface area contributed by atoms with Crippen molar-refractivity contribution in [1.82, 2.24) is 0 Å². The fourth-order valence-electron chi connectivity index (χ4n) is 3.53. The van der Waals surface area contributed by atoms with E-state index in [1.807, 2.05) is 0 Å². The number of nitrogen functional groups attached to an aromatic ring is 2. The number of esters is 1. The van der Waals surface area contributed by atoms with Gasteiger partial charge in [-0.05, 0) is 78.6 Å². The van der Waals surface area contributed by atoms with Crippen LogP contribution < -0.4 is 20.9 Å². The number of rotatable bonds is 11. The van der Waals surface area contributed by atoms with Gasteiger partial charge in [0.2, 0.25) is 0 Å². The number of ether oxygens (including phenoxy) is 2. The van der Waals surface area contributed by atoms with Gasteiger partial charge in [-0.1, -0.05) is 18.2 Å². The van der Waals surface area contributed by atoms with Crippen LogP contribution in [0.5, 0.6) is 11.5 Å². The zero-order chi connectivity index (χ0) is 30.4. The molecule has 0 aliphatic heterocycles. The number of anilines is 2. The second-order valence-corrected chi connectivity index (χ2v) is 8.87. The third-order valence-electron chi connectivity index (χ3n) is 5.72. The number of carbonyl (C=O) groups is 2. The molecular formula is C28H24F6N2O5. The second kappa shape index (κ2) is 12.7. The number of carboxylic acid groups (broad SMARTS) is 1. The molecule has 7 nitrogen and oxygen atoms in total. The molecule has 3 aromatic carbocycles. The van der Waals surface area contributed by atoms with Crippen molar-refractivity contribution in [2.24, 2.45) is 0 Å². The number of alkyl halides is 6. The predicted octanol–water partition coefficient (Wildman–Crippen LogP) is 6.09. The molecule has 0 bridgehead atoms. The van der Waals surface area contributed by atoms with Gasteiger partial charge in [-0.15, -0.1) is 0 Å². The summed E-state index contributed by atoms with van der Waals surface area (Å²) in [5.74, 6) is -6.98. The summed E-state index contributed by atoms with van der Waals surface area (Å²) in [5, 5.41) is 9.58. The van der Waals surface area contributed by atoms with E-state index in [0.717, 1.165) is 29.8 Å². The van der Waals surface area contributed by atoms with Crippen molar-refractivity contribution in [1.29, 1.82) is 0 Å². The van der Waals surface area contributed by atoms with E-state index in [1.54, 1.807) is 18.2 Å². The molecule has 0 aromatic heterocycles. The third-order valence-corrected chi connectivity index (χ3v) is 5.72. The summed E-state index contributed by atoms with van der Waals surface area (Å²) in [6, 6.07) is 15.2. The first kappa shape index (κ1) is 30.9. The van der Waals surface area contributed by atoms with E-state index in [1.165, 1.54) is 30.3 Å². The highest BCUT2D eigenvalue weighted by molar-refractivity contribution is 5.92. The number of benzene rings is 3. The first-order chi connectivity index (χ1) is 19.2. The van der Waals surface area contributed by atoms with Crippen molar-refractivity contribution >= 4 is 29.4 Å². The van der Waals surface area contributed by atoms with E-state index in [0.29, 0.717) is 23.4 Å². The zero-order valence-electron chi connectivity index (χ0n) is 21.1. The Labute approximate surface area is 230 Å². The van der Waals surface area contributed by atoms with Crippen molar-refractivity contribution in [2.75, 3.05) is 18.1 Å². The summed E-state index contributed by atoms with van der Waals surface area (Å²) in [4.78, 5) is 24.1. The van der Waals surface area contributed by atoms with E-state index in [4.69, 9.17) is 16.2 Å². The molecule has 41 heavy (non-hydrogen) atoms. The van der Waals surface area contributed by atoms with Crippen LogP contribution in [0.2, 0.25) is 0 Å². The van der Waals surface area contributed by atoms with Gasteiger partial charge in [0, 0.05) is 16.9 Å². The molecule has 0 saturated heterocycles. The molecule has 0 fully saturated rings. The summed E-state index contributed by atoms with van der Waals surface area (Å²) in [5.41, 5.74) is 13.9. The molecule has 13 heteroatoms. The van der Waals surface area contributed by atoms with Gasteiger partial charge in [0.15, 0.2) is 6.61 Å². The lowest BCUT2D eigenvalue weighted by molar-refractivity contribution is -0.250. The van der Waals surface area contributed by atoms with E-state index < -0.39 is 36.8 Å². The number of nitrogens with two attached hydrogens (primary N) is 2. The Morgan fingerprint density at radius 3 is 2.07 bits per heavy atom. The molecule has 0 saturated carbocycles. The Hall–Kier alpha value is -4.68. The van der Waals surface area contributed by atoms with Crippen LogP contribution in [0, 0.1) is 0 Å². The lowest BCUT2D eigenvalue weighted by Gasteiger charge is -2.22. The SMILES string of the molecule is Nc1ccc(CC/C(=C\c2ccc(OC(=O)c3ccc(OCC(F)(F)C(F)C(F)(F)F)cc3)cc2)C(=O)O)c(N)c1. The monoisotopic (exact) mass is 582 g/mol. The number of aryl methyl sites for hydroxylation is 1. The quantitative estimate of drug-likeness (QED) is 0.0822. The van der Waals surface area contributed by atoms with Gasteiger partial charge in [-0.2, -0.15) is 22.0 Å². The van der Waals surface area contributed by atoms with E-state index in [9.17, 15) is 41.0 Å². The topological polar surface area (TPSA) is 125 Å². The maximum absolute atomic E-state index is 13.4. The fraction of sp³-hybridized carbons (Fsp3) is 0.214. The summed E-state index contributed by atoms with van der Waals surface area (Å²) in [6.07, 6.45) is -8.12. The average Bonchev–Trinajstić information content (AvgIpc) is 2.91. The first-order valence-electron chi connectivity index (χ1n) is 11.9. The van der Waals surface area contributed by atoms with Crippen molar-refractivity contribution < 1.29 is 50.5 Å². The van der Waals surface area contributed by atoms with Crippen LogP contribution in [-0.2, 0) is 11.2 Å². The van der Waals surface area contributed by atoms with Crippen LogP contribution in [0.1, 0.15) is 27.9 Å². The summed E-state index contributed by atoms with van der Waals surface area (Å²) in [7, 11) is 0. The number of hydrogen-bond acceptors (Lipinski definition) is 6. The van der Waals surface area contributed by atoms with Gasteiger partial charge in [-0.3, -0.25) is 0 Å². The van der Waals surface area contributed by atoms with Crippen LogP contribution >= 0.6 is 0 Å². The van der Waals surface area contributed by atoms with Crippen LogP contribution in [0.25, 0.3) is 6.08 Å². The number of carboxylic acids is 1. The van der Waals surface area contributed by atoms with Crippen molar-refractivity contribution in [3.63, 3.8) is 0 Å². The van der Waals surface area contributed by atoms with Crippen molar-refractivity contribution in [3.05, 3.63) is 89.0 Å². The van der Waals surface area contributed by atoms with E-state index in [2.05, 4.69) is 4.74 Å². The summed E-state index contributed by atoms with van der Waals surface area (Å²) in [6.45, 7) is -1.86. The van der Waals surface area contributed by atoms with E-state index >= 15 is 0 Å². The van der Waals surface area contributed by atoms with Crippen LogP contribution in [0.15, 0.2) is 72.3 Å². The van der Waals surface area contributed by atoms with Crippen LogP contribution in [0.4, 0.5) is 37.7 Å². The van der Waals surface area contributed by atoms with Gasteiger partial charge < -0.3 is 26.0 Å². The average molecular weight is 582 g/mol. The third kappa shape index (κ3) is 8.65. The van der Waals surface area contributed by atoms with Crippen LogP contribution in [0.3, 0.4) is 0 Å². The van der Waals surface area contributed by atoms with Gasteiger partial charge >= 0.3 is 24.0 Å². The van der Waals surface area contributed by atoms with Crippen molar-refractivity contribution in [2.45, 2.75) is 31.1 Å². The Kier molecular flexibility index (Phi) is 9.53. The highest BCUT2D eigenvalue weighted by atomic mass is 19.4. The molecule has 0 aliphatic rings. The molecule has 1 unspecified atom stereocenters. The Morgan fingerprint density at radius 2 is 1.51 bits per heavy atom. The van der Waals surface area contributed by atoms with Gasteiger partial charge in [0.05, 0.1) is 5.56 Å². The minimum Gasteiger partial charge on any atom is -0.487 e. The molecule has 0 aliphatic carbocycles. The summed E-state index contributed by atoms with van der Waals surface area (Å²) < 4.78 is 86.2. The number of carbonyl (C=O) groups excluding carboxylic acids is 1. The number of aliphatic carboxylic acids is 1. The minimum atomic E-state index is -5.75. The zero-order valence-corrected chi connectivity index (χ0v) is 21.1. The largest absolute Gasteiger partial charge is 0.487 e. The highest BCUT2D eigenvalue weighted by Gasteiger charge is 2.57. The maximum Gasteiger partial charge on any atom is 0.425 e. The predicted molar refractivity (Wildman–Crippen MR) is 138 cm³/mol. The number of halogens is 6. The van der Waals surface area contributed by atoms with Crippen molar-refractivity contribution in [3.8, 4) is 11.5 Å². The number of hydrogen-bond donors (Lipinski definition) is 3. The summed E-state index contributed by atoms with van der Waals surface area (Å²) >= 11 is 0. The minimum absolute atomic E-state index is 0.0400. The molecule has 0 spiro atoms. The smallest absolute Gasteiger partial charge is 0.425 e. The molecule has 3 rings (SSSR count). The van der Waals surface area contributed by atoms with E-state index in [-0.39, 0.29) is 29.1 Å². The Bertz CT molecular complexity index is 1410.